The second kappa shape index (κ2) is 22.7. The summed E-state index contributed by atoms with van der Waals surface area (Å²) in [6.07, 6.45) is 3.65. The maximum absolute atomic E-state index is 3.54. The van der Waals surface area contributed by atoms with Gasteiger partial charge in [-0.1, -0.05) is 12.2 Å². The van der Waals surface area contributed by atoms with Gasteiger partial charge in [-0.3, -0.25) is 0 Å². The van der Waals surface area contributed by atoms with E-state index in [-0.39, 0.29) is 115 Å². The van der Waals surface area contributed by atoms with Gasteiger partial charge in [0.1, 0.15) is 0 Å². The van der Waals surface area contributed by atoms with E-state index in [0.717, 1.165) is 13.1 Å². The third-order valence-electron chi connectivity index (χ3n) is 0.577. The van der Waals surface area contributed by atoms with Crippen LogP contribution in [0, 0.1) is 0 Å². The molecule has 10 heavy (non-hydrogen) atoms. The van der Waals surface area contributed by atoms with Crippen LogP contribution >= 0.6 is 12.4 Å². The molecule has 1 N–H and O–H groups in total. The third kappa shape index (κ3) is 22.4. The van der Waals surface area contributed by atoms with Crippen LogP contribution in [-0.4, -0.2) is 116 Å². The van der Waals surface area contributed by atoms with Gasteiger partial charge >= 0.3 is 103 Å². The van der Waals surface area contributed by atoms with Crippen molar-refractivity contribution >= 4 is 115 Å². The molecule has 0 spiro atoms. The van der Waals surface area contributed by atoms with Crippen molar-refractivity contribution in [1.82, 2.24) is 5.32 Å². The molecule has 0 saturated carbocycles. The molecular weight excluding hydrogens is 200 g/mol. The molecule has 0 radical (unpaired) electrons. The van der Waals surface area contributed by atoms with Gasteiger partial charge in [-0.25, -0.2) is 0 Å². The second-order valence-electron chi connectivity index (χ2n) is 1.24. The number of halogens is 1. The summed E-state index contributed by atoms with van der Waals surface area (Å²) in [5.41, 5.74) is 0. The van der Waals surface area contributed by atoms with E-state index in [1.807, 2.05) is 12.2 Å². The molecule has 0 aromatic rings. The fourth-order valence-electron chi connectivity index (χ4n) is 0.287. The second-order valence-corrected chi connectivity index (χ2v) is 1.24. The molecule has 0 aliphatic rings. The van der Waals surface area contributed by atoms with E-state index in [0.29, 0.717) is 0 Å². The summed E-state index contributed by atoms with van der Waals surface area (Å²) in [7, 11) is 0. The maximum atomic E-state index is 3.54. The van der Waals surface area contributed by atoms with Crippen LogP contribution in [0.3, 0.4) is 0 Å². The van der Waals surface area contributed by atoms with Gasteiger partial charge in [0, 0.05) is 13.1 Å². The van der Waals surface area contributed by atoms with Gasteiger partial charge in [0.05, 0.1) is 0 Å². The molecule has 0 fully saturated rings. The summed E-state index contributed by atoms with van der Waals surface area (Å²) in [6, 6.07) is 0. The number of hydrogen-bond acceptors (Lipinski definition) is 1. The standard InChI is InChI=1S/C6H11N.ClH.2K.2H/c1-3-5-7-6-4-2;;;;;/h3-4,7H,1-2,5-6H2;1H;;;;. The summed E-state index contributed by atoms with van der Waals surface area (Å²) in [4.78, 5) is 0. The Morgan fingerprint density at radius 1 is 1.00 bits per heavy atom. The van der Waals surface area contributed by atoms with Crippen LogP contribution in [0.1, 0.15) is 0 Å². The summed E-state index contributed by atoms with van der Waals surface area (Å²) < 4.78 is 0. The Labute approximate surface area is 155 Å². The van der Waals surface area contributed by atoms with E-state index in [4.69, 9.17) is 0 Å². The van der Waals surface area contributed by atoms with Gasteiger partial charge in [-0.05, 0) is 0 Å². The van der Waals surface area contributed by atoms with Crippen LogP contribution in [-0.2, 0) is 0 Å². The molecule has 0 aliphatic heterocycles. The van der Waals surface area contributed by atoms with Crippen LogP contribution < -0.4 is 5.32 Å². The minimum atomic E-state index is 0. The molecule has 0 aromatic carbocycles. The summed E-state index contributed by atoms with van der Waals surface area (Å²) in [5, 5.41) is 3.05. The Morgan fingerprint density at radius 2 is 1.30 bits per heavy atom. The third-order valence-corrected chi connectivity index (χ3v) is 0.577. The van der Waals surface area contributed by atoms with Crippen molar-refractivity contribution in [1.29, 1.82) is 0 Å². The number of hydrogen-bond donors (Lipinski definition) is 1. The predicted octanol–water partition coefficient (Wildman–Crippen LogP) is 0.0728. The van der Waals surface area contributed by atoms with Crippen LogP contribution in [0.15, 0.2) is 25.3 Å². The van der Waals surface area contributed by atoms with Crippen molar-refractivity contribution in [3.63, 3.8) is 0 Å². The van der Waals surface area contributed by atoms with Crippen LogP contribution in [0.4, 0.5) is 0 Å². The molecule has 0 unspecified atom stereocenters. The zero-order chi connectivity index (χ0) is 5.54. The number of rotatable bonds is 4. The van der Waals surface area contributed by atoms with Crippen molar-refractivity contribution in [3.05, 3.63) is 25.3 Å². The van der Waals surface area contributed by atoms with Gasteiger partial charge in [0.25, 0.3) is 0 Å². The van der Waals surface area contributed by atoms with Gasteiger partial charge in [-0.2, -0.15) is 0 Å². The topological polar surface area (TPSA) is 12.0 Å². The normalized spacial score (nSPS) is 5.60. The van der Waals surface area contributed by atoms with E-state index in [1.54, 1.807) is 0 Å². The van der Waals surface area contributed by atoms with E-state index in [9.17, 15) is 0 Å². The van der Waals surface area contributed by atoms with Crippen molar-refractivity contribution in [3.8, 4) is 0 Å². The average Bonchev–Trinajstić information content (AvgIpc) is 1.69. The van der Waals surface area contributed by atoms with Crippen molar-refractivity contribution in [2.75, 3.05) is 13.1 Å². The SMILES string of the molecule is C=CCNCC=C.Cl.[KH].[KH]. The molecule has 1 nitrogen and oxygen atoms in total. The van der Waals surface area contributed by atoms with Crippen LogP contribution in [0.2, 0.25) is 0 Å². The molecule has 0 heterocycles. The first-order chi connectivity index (χ1) is 3.41. The van der Waals surface area contributed by atoms with Crippen molar-refractivity contribution in [2.45, 2.75) is 0 Å². The Hall–Kier alpha value is 3.00. The quantitative estimate of drug-likeness (QED) is 0.396. The summed E-state index contributed by atoms with van der Waals surface area (Å²) in [5.74, 6) is 0. The zero-order valence-corrected chi connectivity index (χ0v) is 5.71. The monoisotopic (exact) mass is 213 g/mol. The van der Waals surface area contributed by atoms with Crippen LogP contribution in [0.25, 0.3) is 0 Å². The molecule has 0 amide bonds. The zero-order valence-electron chi connectivity index (χ0n) is 4.89. The summed E-state index contributed by atoms with van der Waals surface area (Å²) in [6.45, 7) is 8.81. The molecule has 0 saturated heterocycles. The molecular formula is C6H14ClK2N. The number of nitrogens with one attached hydrogen (secondary N) is 1. The minimum absolute atomic E-state index is 0. The Bertz CT molecular complexity index is 60.8. The average molecular weight is 214 g/mol. The van der Waals surface area contributed by atoms with Crippen molar-refractivity contribution < 1.29 is 0 Å². The van der Waals surface area contributed by atoms with Gasteiger partial charge < -0.3 is 5.32 Å². The fraction of sp³-hybridized carbons (Fsp3) is 0.333. The van der Waals surface area contributed by atoms with E-state index in [1.165, 1.54) is 0 Å². The Balaban J connectivity index is -0.0000000600. The van der Waals surface area contributed by atoms with Crippen LogP contribution in [0.5, 0.6) is 0 Å². The molecule has 52 valence electrons. The Kier molecular flexibility index (Phi) is 52.4. The van der Waals surface area contributed by atoms with E-state index >= 15 is 0 Å². The first kappa shape index (κ1) is 23.1. The summed E-state index contributed by atoms with van der Waals surface area (Å²) >= 11 is 0. The molecule has 4 heteroatoms. The Morgan fingerprint density at radius 3 is 1.50 bits per heavy atom. The molecule has 0 bridgehead atoms. The first-order valence-electron chi connectivity index (χ1n) is 2.34. The van der Waals surface area contributed by atoms with Gasteiger partial charge in [0.15, 0.2) is 0 Å². The molecule has 0 aromatic heterocycles. The molecule has 0 aliphatic carbocycles. The fourth-order valence-corrected chi connectivity index (χ4v) is 0.287. The van der Waals surface area contributed by atoms with Gasteiger partial charge in [0.2, 0.25) is 0 Å². The first-order valence-corrected chi connectivity index (χ1v) is 2.34. The van der Waals surface area contributed by atoms with Gasteiger partial charge in [-0.15, -0.1) is 25.6 Å². The van der Waals surface area contributed by atoms with Crippen molar-refractivity contribution in [2.24, 2.45) is 0 Å². The molecule has 0 atom stereocenters. The van der Waals surface area contributed by atoms with E-state index in [2.05, 4.69) is 18.5 Å². The predicted molar refractivity (Wildman–Crippen MR) is 54.8 cm³/mol. The molecule has 0 rings (SSSR count). The van der Waals surface area contributed by atoms with E-state index < -0.39 is 0 Å².